The lowest BCUT2D eigenvalue weighted by Crippen LogP contribution is -2.39. The van der Waals surface area contributed by atoms with Crippen LogP contribution in [0, 0.1) is 0 Å². The molecule has 0 radical (unpaired) electrons. The van der Waals surface area contributed by atoms with Crippen molar-refractivity contribution in [2.75, 3.05) is 5.75 Å². The van der Waals surface area contributed by atoms with Crippen molar-refractivity contribution in [3.05, 3.63) is 35.7 Å². The molecule has 2 N–H and O–H groups in total. The molecule has 186 valence electrons. The molecule has 0 aliphatic heterocycles. The highest BCUT2D eigenvalue weighted by atomic mass is 32.2. The van der Waals surface area contributed by atoms with Crippen LogP contribution in [0.2, 0.25) is 0 Å². The number of alkyl halides is 8. The lowest BCUT2D eigenvalue weighted by Gasteiger charge is -2.18. The van der Waals surface area contributed by atoms with Crippen LogP contribution in [-0.2, 0) is 29.0 Å². The van der Waals surface area contributed by atoms with Gasteiger partial charge in [-0.1, -0.05) is 6.92 Å². The van der Waals surface area contributed by atoms with Crippen LogP contribution < -0.4 is 9.46 Å². The van der Waals surface area contributed by atoms with Crippen molar-refractivity contribution >= 4 is 21.0 Å². The first kappa shape index (κ1) is 25.4. The zero-order chi connectivity index (χ0) is 26.0. The lowest BCUT2D eigenvalue weighted by atomic mass is 10.1. The van der Waals surface area contributed by atoms with E-state index in [0.717, 1.165) is 18.5 Å². The minimum Gasteiger partial charge on any atom is -0.350 e. The SMILES string of the molecule is CCS(=O)(=O)c1cc(C(F)(F)F)c[n+](O)c1-c1nc2cc(C(F)(F)C(F)(F)F)c[n+](O)c2n1C. The summed E-state index contributed by atoms with van der Waals surface area (Å²) in [6, 6.07) is 0.481. The molecule has 8 nitrogen and oxygen atoms in total. The number of hydrogen-bond acceptors (Lipinski definition) is 5. The lowest BCUT2D eigenvalue weighted by molar-refractivity contribution is -0.898. The van der Waals surface area contributed by atoms with E-state index in [-0.39, 0.29) is 34.0 Å². The van der Waals surface area contributed by atoms with Crippen LogP contribution in [-0.4, -0.2) is 40.3 Å². The fourth-order valence-corrected chi connectivity index (χ4v) is 4.22. The molecule has 34 heavy (non-hydrogen) atoms. The summed E-state index contributed by atoms with van der Waals surface area (Å²) in [6.07, 6.45) is -10.9. The molecule has 0 amide bonds. The third-order valence-corrected chi connectivity index (χ3v) is 6.59. The number of rotatable bonds is 4. The average Bonchev–Trinajstić information content (AvgIpc) is 3.02. The molecule has 0 aliphatic carbocycles. The molecule has 0 spiro atoms. The number of sulfone groups is 1. The third-order valence-electron chi connectivity index (χ3n) is 4.84. The first-order valence-electron chi connectivity index (χ1n) is 8.98. The monoisotopic (exact) mass is 522 g/mol. The number of nitrogens with zero attached hydrogens (tertiary/aromatic N) is 4. The zero-order valence-electron chi connectivity index (χ0n) is 16.9. The van der Waals surface area contributed by atoms with Crippen molar-refractivity contribution < 1.29 is 63.4 Å². The molecule has 0 aromatic carbocycles. The fourth-order valence-electron chi connectivity index (χ4n) is 3.12. The van der Waals surface area contributed by atoms with Gasteiger partial charge in [0.25, 0.3) is 0 Å². The van der Waals surface area contributed by atoms with Crippen molar-refractivity contribution in [3.63, 3.8) is 0 Å². The van der Waals surface area contributed by atoms with Crippen LogP contribution in [0.25, 0.3) is 22.7 Å². The van der Waals surface area contributed by atoms with Crippen molar-refractivity contribution in [2.24, 2.45) is 7.05 Å². The minimum atomic E-state index is -6.03. The zero-order valence-corrected chi connectivity index (χ0v) is 17.8. The standard InChI is InChI=1S/C17H14F8N4O4S/c1-3-34(32,33)11-5-9(16(20,21)22)7-28(30)12(11)13-26-10-4-8(15(18,19)17(23,24)25)6-29(31)14(10)27(13)2/h4-7,30-31H,3H2,1-2H3/q+2. The van der Waals surface area contributed by atoms with E-state index in [1.165, 1.54) is 0 Å². The second kappa shape index (κ2) is 7.64. The van der Waals surface area contributed by atoms with Crippen molar-refractivity contribution in [1.29, 1.82) is 0 Å². The van der Waals surface area contributed by atoms with E-state index in [1.807, 2.05) is 0 Å². The second-order valence-electron chi connectivity index (χ2n) is 7.04. The first-order chi connectivity index (χ1) is 15.3. The van der Waals surface area contributed by atoms with Gasteiger partial charge in [-0.25, -0.2) is 13.0 Å². The Labute approximate surface area is 184 Å². The van der Waals surface area contributed by atoms with Crippen LogP contribution >= 0.6 is 0 Å². The maximum Gasteiger partial charge on any atom is 0.458 e. The Morgan fingerprint density at radius 2 is 1.53 bits per heavy atom. The van der Waals surface area contributed by atoms with Gasteiger partial charge in [-0.2, -0.15) is 40.1 Å². The van der Waals surface area contributed by atoms with Gasteiger partial charge in [0.1, 0.15) is 11.8 Å². The van der Waals surface area contributed by atoms with Crippen molar-refractivity contribution in [2.45, 2.75) is 30.1 Å². The summed E-state index contributed by atoms with van der Waals surface area (Å²) in [5.74, 6) is -6.79. The van der Waals surface area contributed by atoms with Crippen molar-refractivity contribution in [3.8, 4) is 11.5 Å². The Hall–Kier alpha value is -3.24. The highest BCUT2D eigenvalue weighted by Crippen LogP contribution is 2.44. The molecule has 0 aliphatic rings. The molecule has 3 rings (SSSR count). The van der Waals surface area contributed by atoms with Crippen LogP contribution in [0.15, 0.2) is 29.4 Å². The van der Waals surface area contributed by atoms with Crippen LogP contribution in [0.5, 0.6) is 0 Å². The molecular formula is C17H14F8N4O4S+2. The quantitative estimate of drug-likeness (QED) is 0.312. The highest BCUT2D eigenvalue weighted by molar-refractivity contribution is 7.91. The van der Waals surface area contributed by atoms with Crippen LogP contribution in [0.3, 0.4) is 0 Å². The average molecular weight is 522 g/mol. The number of aromatic nitrogens is 4. The predicted molar refractivity (Wildman–Crippen MR) is 93.6 cm³/mol. The van der Waals surface area contributed by atoms with Gasteiger partial charge in [0.2, 0.25) is 6.20 Å². The maximum atomic E-state index is 13.8. The number of halogens is 8. The summed E-state index contributed by atoms with van der Waals surface area (Å²) in [5.41, 5.74) is -5.35. The normalized spacial score (nSPS) is 13.6. The topological polar surface area (TPSA) is 100 Å². The van der Waals surface area contributed by atoms with Gasteiger partial charge >= 0.3 is 35.4 Å². The largest absolute Gasteiger partial charge is 0.458 e. The molecule has 0 fully saturated rings. The van der Waals surface area contributed by atoms with E-state index in [4.69, 9.17) is 0 Å². The summed E-state index contributed by atoms with van der Waals surface area (Å²) < 4.78 is 131. The number of pyridine rings is 2. The summed E-state index contributed by atoms with van der Waals surface area (Å²) in [6.45, 7) is 1.10. The van der Waals surface area contributed by atoms with Gasteiger partial charge < -0.3 is 5.21 Å². The Kier molecular flexibility index (Phi) is 5.70. The fraction of sp³-hybridized carbons (Fsp3) is 0.353. The van der Waals surface area contributed by atoms with E-state index in [9.17, 15) is 54.0 Å². The molecular weight excluding hydrogens is 508 g/mol. The van der Waals surface area contributed by atoms with Gasteiger partial charge in [-0.05, 0) is 16.9 Å². The van der Waals surface area contributed by atoms with E-state index >= 15 is 0 Å². The molecule has 0 atom stereocenters. The number of aryl methyl sites for hydroxylation is 1. The van der Waals surface area contributed by atoms with Crippen LogP contribution in [0.4, 0.5) is 35.1 Å². The third kappa shape index (κ3) is 3.97. The Balaban J connectivity index is 2.40. The summed E-state index contributed by atoms with van der Waals surface area (Å²) in [5, 5.41) is 20.3. The highest BCUT2D eigenvalue weighted by Gasteiger charge is 2.60. The maximum absolute atomic E-state index is 13.8. The number of hydrogen-bond donors (Lipinski definition) is 2. The first-order valence-corrected chi connectivity index (χ1v) is 10.6. The molecule has 3 aromatic heterocycles. The Morgan fingerprint density at radius 3 is 2.03 bits per heavy atom. The van der Waals surface area contributed by atoms with Gasteiger partial charge in [0, 0.05) is 4.73 Å². The van der Waals surface area contributed by atoms with Gasteiger partial charge in [0.15, 0.2) is 20.2 Å². The van der Waals surface area contributed by atoms with E-state index in [0.29, 0.717) is 0 Å². The molecule has 17 heteroatoms. The van der Waals surface area contributed by atoms with Gasteiger partial charge in [-0.15, -0.1) is 0 Å². The minimum absolute atomic E-state index is 0.0464. The van der Waals surface area contributed by atoms with E-state index in [1.54, 1.807) is 0 Å². The van der Waals surface area contributed by atoms with Gasteiger partial charge in [0.05, 0.1) is 18.4 Å². The molecule has 0 unspecified atom stereocenters. The van der Waals surface area contributed by atoms with Crippen molar-refractivity contribution in [1.82, 2.24) is 9.55 Å². The van der Waals surface area contributed by atoms with Crippen LogP contribution in [0.1, 0.15) is 18.1 Å². The molecule has 3 heterocycles. The van der Waals surface area contributed by atoms with E-state index < -0.39 is 72.6 Å². The Morgan fingerprint density at radius 1 is 0.971 bits per heavy atom. The summed E-state index contributed by atoms with van der Waals surface area (Å²) in [4.78, 5) is 2.67. The molecule has 0 bridgehead atoms. The van der Waals surface area contributed by atoms with Gasteiger partial charge in [-0.3, -0.25) is 5.21 Å². The predicted octanol–water partition coefficient (Wildman–Crippen LogP) is 2.76. The number of fused-ring (bicyclic) bond motifs is 1. The number of imidazole rings is 1. The summed E-state index contributed by atoms with van der Waals surface area (Å²) in [7, 11) is -3.42. The second-order valence-corrected chi connectivity index (χ2v) is 9.28. The smallest absolute Gasteiger partial charge is 0.350 e. The molecule has 0 saturated heterocycles. The molecule has 0 saturated carbocycles. The summed E-state index contributed by atoms with van der Waals surface area (Å²) >= 11 is 0. The van der Waals surface area contributed by atoms with E-state index in [2.05, 4.69) is 4.98 Å². The Bertz CT molecular complexity index is 1400. The molecule has 3 aromatic rings.